The van der Waals surface area contributed by atoms with E-state index >= 15 is 0 Å². The van der Waals surface area contributed by atoms with Gasteiger partial charge >= 0.3 is 6.18 Å². The van der Waals surface area contributed by atoms with Crippen molar-refractivity contribution in [3.05, 3.63) is 41.5 Å². The smallest absolute Gasteiger partial charge is 0.166 e. The lowest BCUT2D eigenvalue weighted by Crippen LogP contribution is -2.04. The lowest BCUT2D eigenvalue weighted by molar-refractivity contribution is -0.137. The van der Waals surface area contributed by atoms with Crippen LogP contribution in [0, 0.1) is 5.41 Å². The normalized spacial score (nSPS) is 13.3. The van der Waals surface area contributed by atoms with Crippen LogP contribution in [-0.4, -0.2) is 0 Å². The molecule has 0 amide bonds. The number of hydrogen-bond acceptors (Lipinski definition) is 0. The largest absolute Gasteiger partial charge is 0.416 e. The standard InChI is InChI=1S/C14H17F3/c1-13(2,3)10-4-5-11-6-8-12(9-7-11)14(15,16)17/h4-9H,10H2,1-3H3/b5-4-. The van der Waals surface area contributed by atoms with Crippen LogP contribution in [0.4, 0.5) is 13.2 Å². The number of benzene rings is 1. The minimum absolute atomic E-state index is 0.197. The van der Waals surface area contributed by atoms with E-state index in [1.54, 1.807) is 0 Å². The van der Waals surface area contributed by atoms with E-state index in [0.717, 1.165) is 24.1 Å². The van der Waals surface area contributed by atoms with Crippen molar-refractivity contribution in [3.63, 3.8) is 0 Å². The molecule has 94 valence electrons. The third kappa shape index (κ3) is 5.07. The summed E-state index contributed by atoms with van der Waals surface area (Å²) in [5.74, 6) is 0. The molecule has 0 aromatic heterocycles. The fourth-order valence-electron chi connectivity index (χ4n) is 1.33. The van der Waals surface area contributed by atoms with E-state index in [1.807, 2.05) is 12.2 Å². The van der Waals surface area contributed by atoms with Crippen LogP contribution >= 0.6 is 0 Å². The summed E-state index contributed by atoms with van der Waals surface area (Å²) in [6, 6.07) is 5.19. The summed E-state index contributed by atoms with van der Waals surface area (Å²) in [4.78, 5) is 0. The molecular weight excluding hydrogens is 225 g/mol. The molecule has 17 heavy (non-hydrogen) atoms. The molecule has 0 fully saturated rings. The molecule has 0 aliphatic carbocycles. The SMILES string of the molecule is CC(C)(C)C/C=C\c1ccc(C(F)(F)F)cc1. The molecule has 0 bridgehead atoms. The maximum absolute atomic E-state index is 12.3. The highest BCUT2D eigenvalue weighted by Crippen LogP contribution is 2.29. The Labute approximate surface area is 100 Å². The molecule has 0 aliphatic heterocycles. The van der Waals surface area contributed by atoms with Crippen molar-refractivity contribution in [1.29, 1.82) is 0 Å². The summed E-state index contributed by atoms with van der Waals surface area (Å²) in [5, 5.41) is 0. The molecule has 0 aliphatic rings. The third-order valence-electron chi connectivity index (χ3n) is 2.28. The molecule has 0 unspecified atom stereocenters. The minimum Gasteiger partial charge on any atom is -0.166 e. The molecule has 0 N–H and O–H groups in total. The fraction of sp³-hybridized carbons (Fsp3) is 0.429. The van der Waals surface area contributed by atoms with Crippen molar-refractivity contribution in [2.75, 3.05) is 0 Å². The van der Waals surface area contributed by atoms with Gasteiger partial charge in [0.25, 0.3) is 0 Å². The van der Waals surface area contributed by atoms with Crippen LogP contribution in [0.15, 0.2) is 30.3 Å². The number of rotatable bonds is 2. The second-order valence-corrected chi connectivity index (χ2v) is 5.29. The van der Waals surface area contributed by atoms with Gasteiger partial charge in [0.05, 0.1) is 5.56 Å². The summed E-state index contributed by atoms with van der Waals surface area (Å²) in [6.07, 6.45) is 0.482. The third-order valence-corrected chi connectivity index (χ3v) is 2.28. The molecule has 1 aromatic rings. The number of hydrogen-bond donors (Lipinski definition) is 0. The Balaban J connectivity index is 2.69. The first kappa shape index (κ1) is 13.8. The van der Waals surface area contributed by atoms with Gasteiger partial charge in [-0.1, -0.05) is 45.1 Å². The molecule has 1 rings (SSSR count). The van der Waals surface area contributed by atoms with Gasteiger partial charge in [-0.3, -0.25) is 0 Å². The van der Waals surface area contributed by atoms with Gasteiger partial charge in [-0.2, -0.15) is 13.2 Å². The monoisotopic (exact) mass is 242 g/mol. The van der Waals surface area contributed by atoms with Gasteiger partial charge in [0.1, 0.15) is 0 Å². The van der Waals surface area contributed by atoms with E-state index < -0.39 is 11.7 Å². The van der Waals surface area contributed by atoms with Crippen molar-refractivity contribution in [3.8, 4) is 0 Å². The quantitative estimate of drug-likeness (QED) is 0.672. The van der Waals surface area contributed by atoms with Crippen molar-refractivity contribution in [1.82, 2.24) is 0 Å². The first-order chi connectivity index (χ1) is 7.68. The Morgan fingerprint density at radius 1 is 1.00 bits per heavy atom. The zero-order valence-corrected chi connectivity index (χ0v) is 10.3. The summed E-state index contributed by atoms with van der Waals surface area (Å²) in [6.45, 7) is 6.35. The Morgan fingerprint density at radius 3 is 1.94 bits per heavy atom. The Morgan fingerprint density at radius 2 is 1.53 bits per heavy atom. The average Bonchev–Trinajstić information content (AvgIpc) is 2.15. The molecular formula is C14H17F3. The molecule has 0 heterocycles. The maximum atomic E-state index is 12.3. The summed E-state index contributed by atoms with van der Waals surface area (Å²) in [7, 11) is 0. The number of allylic oxidation sites excluding steroid dienone is 1. The van der Waals surface area contributed by atoms with Crippen LogP contribution in [0.25, 0.3) is 6.08 Å². The van der Waals surface area contributed by atoms with Crippen molar-refractivity contribution < 1.29 is 13.2 Å². The minimum atomic E-state index is -4.26. The Hall–Kier alpha value is -1.25. The molecule has 1 aromatic carbocycles. The predicted octanol–water partition coefficient (Wildman–Crippen LogP) is 5.15. The number of halogens is 3. The zero-order chi connectivity index (χ0) is 13.1. The Bertz CT molecular complexity index is 377. The van der Waals surface area contributed by atoms with E-state index in [0.29, 0.717) is 0 Å². The van der Waals surface area contributed by atoms with Gasteiger partial charge in [-0.15, -0.1) is 0 Å². The first-order valence-corrected chi connectivity index (χ1v) is 5.52. The van der Waals surface area contributed by atoms with Crippen molar-refractivity contribution in [2.45, 2.75) is 33.4 Å². The highest BCUT2D eigenvalue weighted by molar-refractivity contribution is 5.49. The zero-order valence-electron chi connectivity index (χ0n) is 10.3. The predicted molar refractivity (Wildman–Crippen MR) is 64.6 cm³/mol. The van der Waals surface area contributed by atoms with Gasteiger partial charge < -0.3 is 0 Å². The fourth-order valence-corrected chi connectivity index (χ4v) is 1.33. The summed E-state index contributed by atoms with van der Waals surface area (Å²) in [5.41, 5.74) is 0.385. The van der Waals surface area contributed by atoms with Crippen LogP contribution in [-0.2, 0) is 6.18 Å². The van der Waals surface area contributed by atoms with E-state index in [2.05, 4.69) is 20.8 Å². The first-order valence-electron chi connectivity index (χ1n) is 5.52. The van der Waals surface area contributed by atoms with E-state index in [-0.39, 0.29) is 5.41 Å². The van der Waals surface area contributed by atoms with Crippen LogP contribution in [0.2, 0.25) is 0 Å². The van der Waals surface area contributed by atoms with Crippen molar-refractivity contribution >= 4 is 6.08 Å². The van der Waals surface area contributed by atoms with E-state index in [1.165, 1.54) is 12.1 Å². The van der Waals surface area contributed by atoms with Gasteiger partial charge in [0.15, 0.2) is 0 Å². The lowest BCUT2D eigenvalue weighted by atomic mass is 9.92. The summed E-state index contributed by atoms with van der Waals surface area (Å²) >= 11 is 0. The molecule has 0 atom stereocenters. The van der Waals surface area contributed by atoms with Crippen LogP contribution in [0.1, 0.15) is 38.3 Å². The van der Waals surface area contributed by atoms with E-state index in [4.69, 9.17) is 0 Å². The Kier molecular flexibility index (Phi) is 4.02. The molecule has 0 spiro atoms. The molecule has 0 radical (unpaired) electrons. The highest BCUT2D eigenvalue weighted by Gasteiger charge is 2.29. The van der Waals surface area contributed by atoms with E-state index in [9.17, 15) is 13.2 Å². The van der Waals surface area contributed by atoms with Crippen LogP contribution < -0.4 is 0 Å². The second kappa shape index (κ2) is 4.94. The van der Waals surface area contributed by atoms with Crippen molar-refractivity contribution in [2.24, 2.45) is 5.41 Å². The van der Waals surface area contributed by atoms with Crippen LogP contribution in [0.3, 0.4) is 0 Å². The molecule has 0 nitrogen and oxygen atoms in total. The van der Waals surface area contributed by atoms with Gasteiger partial charge in [-0.05, 0) is 29.5 Å². The molecule has 0 saturated heterocycles. The van der Waals surface area contributed by atoms with Gasteiger partial charge in [0.2, 0.25) is 0 Å². The lowest BCUT2D eigenvalue weighted by Gasteiger charge is -2.14. The summed E-state index contributed by atoms with van der Waals surface area (Å²) < 4.78 is 36.9. The highest BCUT2D eigenvalue weighted by atomic mass is 19.4. The van der Waals surface area contributed by atoms with Gasteiger partial charge in [-0.25, -0.2) is 0 Å². The topological polar surface area (TPSA) is 0 Å². The average molecular weight is 242 g/mol. The molecule has 3 heteroatoms. The molecule has 0 saturated carbocycles. The van der Waals surface area contributed by atoms with Crippen LogP contribution in [0.5, 0.6) is 0 Å². The second-order valence-electron chi connectivity index (χ2n) is 5.29. The number of alkyl halides is 3. The van der Waals surface area contributed by atoms with Gasteiger partial charge in [0, 0.05) is 0 Å². The maximum Gasteiger partial charge on any atom is 0.416 e.